The van der Waals surface area contributed by atoms with E-state index in [1.165, 1.54) is 11.1 Å². The molecule has 4 nitrogen and oxygen atoms in total. The fourth-order valence-electron chi connectivity index (χ4n) is 3.10. The van der Waals surface area contributed by atoms with E-state index in [-0.39, 0.29) is 11.9 Å². The number of nitrogens with zero attached hydrogens (tertiary/aromatic N) is 2. The Morgan fingerprint density at radius 2 is 1.56 bits per heavy atom. The molecule has 0 aliphatic rings. The predicted molar refractivity (Wildman–Crippen MR) is 113 cm³/mol. The first-order valence-corrected chi connectivity index (χ1v) is 9.83. The van der Waals surface area contributed by atoms with Gasteiger partial charge in [-0.1, -0.05) is 56.3 Å². The first kappa shape index (κ1) is 21.1. The van der Waals surface area contributed by atoms with Gasteiger partial charge in [0, 0.05) is 24.7 Å². The number of hydrogen-bond acceptors (Lipinski definition) is 3. The zero-order chi connectivity index (χ0) is 19.6. The highest BCUT2D eigenvalue weighted by atomic mass is 16.1. The van der Waals surface area contributed by atoms with Gasteiger partial charge in [-0.05, 0) is 56.9 Å². The Bertz CT molecular complexity index is 679. The van der Waals surface area contributed by atoms with Crippen molar-refractivity contribution in [1.82, 2.24) is 15.1 Å². The molecular formula is C23H33N3O. The van der Waals surface area contributed by atoms with Gasteiger partial charge in [-0.2, -0.15) is 0 Å². The number of rotatable bonds is 10. The van der Waals surface area contributed by atoms with Gasteiger partial charge >= 0.3 is 0 Å². The van der Waals surface area contributed by atoms with Crippen LogP contribution >= 0.6 is 0 Å². The maximum atomic E-state index is 12.5. The first-order chi connectivity index (χ1) is 13.0. The number of hydrogen-bond donors (Lipinski definition) is 1. The fourth-order valence-corrected chi connectivity index (χ4v) is 3.10. The van der Waals surface area contributed by atoms with E-state index in [0.29, 0.717) is 6.54 Å². The third-order valence-corrected chi connectivity index (χ3v) is 5.06. The van der Waals surface area contributed by atoms with Crippen LogP contribution in [0.2, 0.25) is 0 Å². The minimum absolute atomic E-state index is 0.00991. The molecule has 2 aromatic rings. The van der Waals surface area contributed by atoms with Crippen LogP contribution in [0.25, 0.3) is 0 Å². The molecule has 1 unspecified atom stereocenters. The standard InChI is InChI=1S/C23H33N3O/c1-5-26(6-2)18-20-12-14-21(15-13-20)23(27)24-17-22(25(3)4)16-19-10-8-7-9-11-19/h7-15,22H,5-6,16-18H2,1-4H3,(H,24,27). The Morgan fingerprint density at radius 3 is 2.11 bits per heavy atom. The van der Waals surface area contributed by atoms with Crippen LogP contribution in [-0.2, 0) is 13.0 Å². The second-order valence-corrected chi connectivity index (χ2v) is 7.18. The van der Waals surface area contributed by atoms with E-state index in [9.17, 15) is 4.79 Å². The van der Waals surface area contributed by atoms with Gasteiger partial charge in [-0.15, -0.1) is 0 Å². The first-order valence-electron chi connectivity index (χ1n) is 9.83. The molecule has 0 fully saturated rings. The quantitative estimate of drug-likeness (QED) is 0.699. The number of amides is 1. The molecule has 0 aliphatic heterocycles. The molecule has 0 aromatic heterocycles. The number of nitrogens with one attached hydrogen (secondary N) is 1. The van der Waals surface area contributed by atoms with Crippen molar-refractivity contribution in [1.29, 1.82) is 0 Å². The molecule has 0 spiro atoms. The summed E-state index contributed by atoms with van der Waals surface area (Å²) in [4.78, 5) is 17.1. The molecule has 1 amide bonds. The van der Waals surface area contributed by atoms with Crippen molar-refractivity contribution in [2.45, 2.75) is 32.9 Å². The van der Waals surface area contributed by atoms with Crippen molar-refractivity contribution in [3.8, 4) is 0 Å². The van der Waals surface area contributed by atoms with Crippen molar-refractivity contribution in [2.24, 2.45) is 0 Å². The molecule has 0 saturated carbocycles. The molecule has 0 aliphatic carbocycles. The molecule has 1 N–H and O–H groups in total. The third kappa shape index (κ3) is 6.81. The summed E-state index contributed by atoms with van der Waals surface area (Å²) >= 11 is 0. The van der Waals surface area contributed by atoms with Gasteiger partial charge in [0.05, 0.1) is 0 Å². The van der Waals surface area contributed by atoms with Crippen LogP contribution in [0.15, 0.2) is 54.6 Å². The molecule has 0 radical (unpaired) electrons. The Labute approximate surface area is 164 Å². The molecule has 0 saturated heterocycles. The van der Waals surface area contributed by atoms with Gasteiger partial charge in [0.15, 0.2) is 0 Å². The van der Waals surface area contributed by atoms with E-state index >= 15 is 0 Å². The smallest absolute Gasteiger partial charge is 0.251 e. The monoisotopic (exact) mass is 367 g/mol. The Hall–Kier alpha value is -2.17. The lowest BCUT2D eigenvalue weighted by atomic mass is 10.0. The SMILES string of the molecule is CCN(CC)Cc1ccc(C(=O)NCC(Cc2ccccc2)N(C)C)cc1. The third-order valence-electron chi connectivity index (χ3n) is 5.06. The lowest BCUT2D eigenvalue weighted by molar-refractivity contribution is 0.0941. The van der Waals surface area contributed by atoms with Crippen molar-refractivity contribution in [3.05, 3.63) is 71.3 Å². The molecule has 27 heavy (non-hydrogen) atoms. The summed E-state index contributed by atoms with van der Waals surface area (Å²) in [7, 11) is 4.11. The van der Waals surface area contributed by atoms with Gasteiger partial charge in [0.25, 0.3) is 5.91 Å². The zero-order valence-corrected chi connectivity index (χ0v) is 17.1. The van der Waals surface area contributed by atoms with Gasteiger partial charge in [0.2, 0.25) is 0 Å². The second kappa shape index (κ2) is 10.9. The minimum atomic E-state index is -0.00991. The highest BCUT2D eigenvalue weighted by molar-refractivity contribution is 5.94. The van der Waals surface area contributed by atoms with E-state index in [0.717, 1.165) is 31.6 Å². The normalized spacial score (nSPS) is 12.4. The maximum absolute atomic E-state index is 12.5. The molecule has 2 rings (SSSR count). The van der Waals surface area contributed by atoms with Crippen LogP contribution in [0, 0.1) is 0 Å². The molecule has 4 heteroatoms. The molecule has 146 valence electrons. The lowest BCUT2D eigenvalue weighted by Gasteiger charge is -2.25. The summed E-state index contributed by atoms with van der Waals surface area (Å²) in [5.41, 5.74) is 3.24. The van der Waals surface area contributed by atoms with E-state index in [1.807, 2.05) is 18.2 Å². The zero-order valence-electron chi connectivity index (χ0n) is 17.1. The van der Waals surface area contributed by atoms with Gasteiger partial charge in [-0.3, -0.25) is 9.69 Å². The summed E-state index contributed by atoms with van der Waals surface area (Å²) < 4.78 is 0. The summed E-state index contributed by atoms with van der Waals surface area (Å²) in [5.74, 6) is -0.00991. The van der Waals surface area contributed by atoms with Crippen LogP contribution in [0.4, 0.5) is 0 Å². The van der Waals surface area contributed by atoms with Crippen LogP contribution in [0.1, 0.15) is 35.3 Å². The van der Waals surface area contributed by atoms with Crippen LogP contribution in [0.3, 0.4) is 0 Å². The van der Waals surface area contributed by atoms with E-state index in [1.54, 1.807) is 0 Å². The van der Waals surface area contributed by atoms with E-state index in [2.05, 4.69) is 79.5 Å². The van der Waals surface area contributed by atoms with Crippen LogP contribution in [0.5, 0.6) is 0 Å². The number of carbonyl (C=O) groups excluding carboxylic acids is 1. The van der Waals surface area contributed by atoms with Crippen molar-refractivity contribution >= 4 is 5.91 Å². The molecule has 0 heterocycles. The summed E-state index contributed by atoms with van der Waals surface area (Å²) in [6.07, 6.45) is 0.914. The van der Waals surface area contributed by atoms with Crippen molar-refractivity contribution < 1.29 is 4.79 Å². The van der Waals surface area contributed by atoms with E-state index in [4.69, 9.17) is 0 Å². The number of carbonyl (C=O) groups is 1. The fraction of sp³-hybridized carbons (Fsp3) is 0.435. The van der Waals surface area contributed by atoms with Gasteiger partial charge in [-0.25, -0.2) is 0 Å². The minimum Gasteiger partial charge on any atom is -0.350 e. The highest BCUT2D eigenvalue weighted by Gasteiger charge is 2.14. The van der Waals surface area contributed by atoms with Crippen molar-refractivity contribution in [3.63, 3.8) is 0 Å². The van der Waals surface area contributed by atoms with Crippen molar-refractivity contribution in [2.75, 3.05) is 33.7 Å². The average molecular weight is 368 g/mol. The topological polar surface area (TPSA) is 35.6 Å². The van der Waals surface area contributed by atoms with E-state index < -0.39 is 0 Å². The average Bonchev–Trinajstić information content (AvgIpc) is 2.70. The molecular weight excluding hydrogens is 334 g/mol. The highest BCUT2D eigenvalue weighted by Crippen LogP contribution is 2.09. The maximum Gasteiger partial charge on any atom is 0.251 e. The molecule has 2 aromatic carbocycles. The number of likely N-dealkylation sites (N-methyl/N-ethyl adjacent to an activating group) is 1. The lowest BCUT2D eigenvalue weighted by Crippen LogP contribution is -2.41. The second-order valence-electron chi connectivity index (χ2n) is 7.18. The molecule has 1 atom stereocenters. The number of benzene rings is 2. The summed E-state index contributed by atoms with van der Waals surface area (Å²) in [6.45, 7) is 7.96. The summed E-state index contributed by atoms with van der Waals surface area (Å²) in [6, 6.07) is 18.6. The Kier molecular flexibility index (Phi) is 8.49. The molecule has 0 bridgehead atoms. The van der Waals surface area contributed by atoms with Crippen LogP contribution in [-0.4, -0.2) is 55.5 Å². The van der Waals surface area contributed by atoms with Gasteiger partial charge in [0.1, 0.15) is 0 Å². The summed E-state index contributed by atoms with van der Waals surface area (Å²) in [5, 5.41) is 3.09. The Balaban J connectivity index is 1.91. The van der Waals surface area contributed by atoms with Crippen LogP contribution < -0.4 is 5.32 Å². The Morgan fingerprint density at radius 1 is 0.926 bits per heavy atom. The predicted octanol–water partition coefficient (Wildman–Crippen LogP) is 3.43. The van der Waals surface area contributed by atoms with Gasteiger partial charge < -0.3 is 10.2 Å². The largest absolute Gasteiger partial charge is 0.350 e.